The largest absolute Gasteiger partial charge is 0.375 e. The first-order valence-electron chi connectivity index (χ1n) is 5.87. The third-order valence-corrected chi connectivity index (χ3v) is 2.41. The van der Waals surface area contributed by atoms with Gasteiger partial charge in [-0.1, -0.05) is 26.3 Å². The van der Waals surface area contributed by atoms with Crippen LogP contribution in [0.1, 0.15) is 53.9 Å². The molecule has 0 aromatic rings. The molecule has 14 heavy (non-hydrogen) atoms. The van der Waals surface area contributed by atoms with Crippen molar-refractivity contribution >= 4 is 0 Å². The van der Waals surface area contributed by atoms with Crippen LogP contribution in [0.4, 0.5) is 0 Å². The minimum Gasteiger partial charge on any atom is -0.375 e. The van der Waals surface area contributed by atoms with E-state index in [1.807, 2.05) is 27.7 Å². The molecule has 0 spiro atoms. The Hall–Kier alpha value is -0.300. The summed E-state index contributed by atoms with van der Waals surface area (Å²) in [5.74, 6) is 0.855. The summed E-state index contributed by atoms with van der Waals surface area (Å²) < 4.78 is 5.58. The maximum Gasteiger partial charge on any atom is 0.0606 e. The van der Waals surface area contributed by atoms with Gasteiger partial charge in [0, 0.05) is 0 Å². The lowest BCUT2D eigenvalue weighted by atomic mass is 9.91. The summed E-state index contributed by atoms with van der Waals surface area (Å²) >= 11 is 0. The quantitative estimate of drug-likeness (QED) is 0.530. The molecule has 0 aromatic heterocycles. The van der Waals surface area contributed by atoms with Gasteiger partial charge in [0.2, 0.25) is 0 Å². The van der Waals surface area contributed by atoms with Gasteiger partial charge in [-0.15, -0.1) is 6.58 Å². The fourth-order valence-electron chi connectivity index (χ4n) is 1.89. The molecule has 84 valence electrons. The standard InChI is InChI=1S/C7H12O.C4H8.C2H6/c1-5-4-6-2-3-7(5)8-6;1-4(2)3;1-2/h5-7H,2-4H2,1H3;1H2,2-3H3;1-2H3. The van der Waals surface area contributed by atoms with E-state index >= 15 is 0 Å². The van der Waals surface area contributed by atoms with Gasteiger partial charge in [-0.05, 0) is 39.0 Å². The van der Waals surface area contributed by atoms with E-state index < -0.39 is 0 Å². The van der Waals surface area contributed by atoms with E-state index in [1.54, 1.807) is 0 Å². The van der Waals surface area contributed by atoms with Gasteiger partial charge in [0.25, 0.3) is 0 Å². The molecule has 2 aliphatic heterocycles. The van der Waals surface area contributed by atoms with Crippen molar-refractivity contribution in [3.8, 4) is 0 Å². The molecule has 0 aromatic carbocycles. The second-order valence-electron chi connectivity index (χ2n) is 4.29. The second-order valence-corrected chi connectivity index (χ2v) is 4.29. The molecule has 0 saturated carbocycles. The maximum absolute atomic E-state index is 5.58. The molecule has 2 rings (SSSR count). The highest BCUT2D eigenvalue weighted by Crippen LogP contribution is 2.37. The molecule has 2 heterocycles. The topological polar surface area (TPSA) is 9.23 Å². The molecule has 0 amide bonds. The van der Waals surface area contributed by atoms with Crippen molar-refractivity contribution < 1.29 is 4.74 Å². The van der Waals surface area contributed by atoms with Gasteiger partial charge in [0.1, 0.15) is 0 Å². The van der Waals surface area contributed by atoms with E-state index in [0.717, 1.165) is 5.92 Å². The molecule has 0 aliphatic carbocycles. The number of allylic oxidation sites excluding steroid dienone is 1. The highest BCUT2D eigenvalue weighted by atomic mass is 16.5. The van der Waals surface area contributed by atoms with E-state index in [1.165, 1.54) is 24.8 Å². The van der Waals surface area contributed by atoms with E-state index in [4.69, 9.17) is 4.74 Å². The Morgan fingerprint density at radius 3 is 1.86 bits per heavy atom. The molecule has 2 bridgehead atoms. The number of hydrogen-bond acceptors (Lipinski definition) is 1. The van der Waals surface area contributed by atoms with Gasteiger partial charge in [0.15, 0.2) is 0 Å². The minimum absolute atomic E-state index is 0.639. The Morgan fingerprint density at radius 1 is 1.21 bits per heavy atom. The third-order valence-electron chi connectivity index (χ3n) is 2.41. The van der Waals surface area contributed by atoms with E-state index in [2.05, 4.69) is 13.5 Å². The van der Waals surface area contributed by atoms with Crippen LogP contribution < -0.4 is 0 Å². The van der Waals surface area contributed by atoms with Gasteiger partial charge in [-0.25, -0.2) is 0 Å². The smallest absolute Gasteiger partial charge is 0.0606 e. The highest BCUT2D eigenvalue weighted by molar-refractivity contribution is 4.86. The molecule has 1 nitrogen and oxygen atoms in total. The summed E-state index contributed by atoms with van der Waals surface area (Å²) in [6.45, 7) is 13.8. The highest BCUT2D eigenvalue weighted by Gasteiger charge is 2.37. The van der Waals surface area contributed by atoms with Crippen molar-refractivity contribution in [2.45, 2.75) is 66.1 Å². The van der Waals surface area contributed by atoms with Crippen LogP contribution in [0.15, 0.2) is 12.2 Å². The zero-order valence-electron chi connectivity index (χ0n) is 10.5. The van der Waals surface area contributed by atoms with Crippen molar-refractivity contribution in [3.05, 3.63) is 12.2 Å². The number of rotatable bonds is 0. The molecule has 3 atom stereocenters. The van der Waals surface area contributed by atoms with E-state index in [0.29, 0.717) is 12.2 Å². The predicted octanol–water partition coefficient (Wildman–Crippen LogP) is 4.18. The molecule has 3 unspecified atom stereocenters. The van der Waals surface area contributed by atoms with Crippen LogP contribution in [0, 0.1) is 5.92 Å². The first-order chi connectivity index (χ1) is 6.59. The molecule has 0 radical (unpaired) electrons. The number of fused-ring (bicyclic) bond motifs is 2. The second kappa shape index (κ2) is 7.05. The number of hydrogen-bond donors (Lipinski definition) is 0. The van der Waals surface area contributed by atoms with Gasteiger partial charge in [-0.2, -0.15) is 0 Å². The Kier molecular flexibility index (Phi) is 6.90. The zero-order chi connectivity index (χ0) is 11.1. The molecule has 0 N–H and O–H groups in total. The summed E-state index contributed by atoms with van der Waals surface area (Å²) in [7, 11) is 0. The Morgan fingerprint density at radius 2 is 1.71 bits per heavy atom. The van der Waals surface area contributed by atoms with E-state index in [9.17, 15) is 0 Å². The van der Waals surface area contributed by atoms with Crippen molar-refractivity contribution in [3.63, 3.8) is 0 Å². The van der Waals surface area contributed by atoms with Crippen molar-refractivity contribution in [2.75, 3.05) is 0 Å². The van der Waals surface area contributed by atoms with Gasteiger partial charge >= 0.3 is 0 Å². The van der Waals surface area contributed by atoms with E-state index in [-0.39, 0.29) is 0 Å². The van der Waals surface area contributed by atoms with Crippen LogP contribution in [0.25, 0.3) is 0 Å². The lowest BCUT2D eigenvalue weighted by Gasteiger charge is -2.11. The predicted molar refractivity (Wildman–Crippen MR) is 63.5 cm³/mol. The molecular formula is C13H26O. The summed E-state index contributed by atoms with van der Waals surface area (Å²) in [4.78, 5) is 0. The van der Waals surface area contributed by atoms with Crippen molar-refractivity contribution in [1.29, 1.82) is 0 Å². The van der Waals surface area contributed by atoms with Crippen molar-refractivity contribution in [1.82, 2.24) is 0 Å². The molecule has 1 heteroatoms. The van der Waals surface area contributed by atoms with Gasteiger partial charge in [-0.3, -0.25) is 0 Å². The zero-order valence-corrected chi connectivity index (χ0v) is 10.5. The Balaban J connectivity index is 0.000000245. The average molecular weight is 198 g/mol. The van der Waals surface area contributed by atoms with Gasteiger partial charge < -0.3 is 4.74 Å². The van der Waals surface area contributed by atoms with Crippen LogP contribution in [-0.2, 0) is 4.74 Å². The van der Waals surface area contributed by atoms with Crippen LogP contribution in [0.2, 0.25) is 0 Å². The van der Waals surface area contributed by atoms with Crippen molar-refractivity contribution in [2.24, 2.45) is 5.92 Å². The monoisotopic (exact) mass is 198 g/mol. The summed E-state index contributed by atoms with van der Waals surface area (Å²) in [6.07, 6.45) is 5.26. The molecular weight excluding hydrogens is 172 g/mol. The maximum atomic E-state index is 5.58. The summed E-state index contributed by atoms with van der Waals surface area (Å²) in [5.41, 5.74) is 1.17. The normalized spacial score (nSPS) is 32.5. The SMILES string of the molecule is C=C(C)C.CC.CC1CC2CCC1O2. The molecule has 2 saturated heterocycles. The Bertz CT molecular complexity index is 157. The van der Waals surface area contributed by atoms with Crippen LogP contribution in [0.5, 0.6) is 0 Å². The minimum atomic E-state index is 0.639. The fraction of sp³-hybridized carbons (Fsp3) is 0.846. The lowest BCUT2D eigenvalue weighted by Crippen LogP contribution is -2.11. The molecule has 2 aliphatic rings. The van der Waals surface area contributed by atoms with Crippen LogP contribution in [0.3, 0.4) is 0 Å². The van der Waals surface area contributed by atoms with Crippen LogP contribution in [-0.4, -0.2) is 12.2 Å². The summed E-state index contributed by atoms with van der Waals surface area (Å²) in [6, 6.07) is 0. The van der Waals surface area contributed by atoms with Gasteiger partial charge in [0.05, 0.1) is 12.2 Å². The molecule has 2 fully saturated rings. The first-order valence-corrected chi connectivity index (χ1v) is 5.87. The third kappa shape index (κ3) is 4.80. The lowest BCUT2D eigenvalue weighted by molar-refractivity contribution is 0.0949. The summed E-state index contributed by atoms with van der Waals surface area (Å²) in [5, 5.41) is 0. The average Bonchev–Trinajstić information content (AvgIpc) is 2.67. The van der Waals surface area contributed by atoms with Crippen LogP contribution >= 0.6 is 0 Å². The Labute approximate surface area is 89.5 Å². The first kappa shape index (κ1) is 13.7. The number of ether oxygens (including phenoxy) is 1. The fourth-order valence-corrected chi connectivity index (χ4v) is 1.89.